The van der Waals surface area contributed by atoms with E-state index < -0.39 is 17.3 Å². The number of hydrogen-bond donors (Lipinski definition) is 1. The summed E-state index contributed by atoms with van der Waals surface area (Å²) >= 11 is 3.07. The summed E-state index contributed by atoms with van der Waals surface area (Å²) in [5.74, 6) is -0.922. The van der Waals surface area contributed by atoms with Crippen molar-refractivity contribution in [2.24, 2.45) is 0 Å². The van der Waals surface area contributed by atoms with Gasteiger partial charge in [0.25, 0.3) is 5.91 Å². The fourth-order valence-electron chi connectivity index (χ4n) is 2.23. The van der Waals surface area contributed by atoms with Gasteiger partial charge in [-0.3, -0.25) is 4.79 Å². The Morgan fingerprint density at radius 3 is 2.75 bits per heavy atom. The number of benzene rings is 1. The zero-order chi connectivity index (χ0) is 14.8. The number of nitrogens with zero attached hydrogens (tertiary/aromatic N) is 2. The van der Waals surface area contributed by atoms with Crippen LogP contribution in [0.15, 0.2) is 22.7 Å². The lowest BCUT2D eigenvalue weighted by molar-refractivity contribution is 0.0880. The highest BCUT2D eigenvalue weighted by Crippen LogP contribution is 2.24. The minimum absolute atomic E-state index is 0.124. The third-order valence-electron chi connectivity index (χ3n) is 3.60. The first-order valence-electron chi connectivity index (χ1n) is 6.34. The van der Waals surface area contributed by atoms with Crippen LogP contribution in [-0.2, 0) is 0 Å². The summed E-state index contributed by atoms with van der Waals surface area (Å²) in [4.78, 5) is 14.4. The van der Waals surface area contributed by atoms with Gasteiger partial charge in [-0.2, -0.15) is 5.26 Å². The number of carbonyl (C=O) groups excluding carboxylic acids is 1. The first-order chi connectivity index (χ1) is 9.47. The van der Waals surface area contributed by atoms with Gasteiger partial charge >= 0.3 is 0 Å². The maximum atomic E-state index is 13.4. The molecule has 0 bridgehead atoms. The van der Waals surface area contributed by atoms with E-state index in [1.54, 1.807) is 0 Å². The van der Waals surface area contributed by atoms with E-state index in [0.29, 0.717) is 12.8 Å². The van der Waals surface area contributed by atoms with Gasteiger partial charge < -0.3 is 10.2 Å². The summed E-state index contributed by atoms with van der Waals surface area (Å²) in [6, 6.07) is 6.48. The highest BCUT2D eigenvalue weighted by atomic mass is 79.9. The largest absolute Gasteiger partial charge is 0.334 e. The molecule has 1 N–H and O–H groups in total. The van der Waals surface area contributed by atoms with Gasteiger partial charge in [0, 0.05) is 13.1 Å². The number of carbonyl (C=O) groups is 1. The molecule has 0 saturated carbocycles. The molecule has 0 aromatic heterocycles. The molecule has 1 aromatic carbocycles. The van der Waals surface area contributed by atoms with Crippen molar-refractivity contribution < 1.29 is 9.18 Å². The second-order valence-electron chi connectivity index (χ2n) is 5.05. The molecule has 0 aliphatic carbocycles. The van der Waals surface area contributed by atoms with Gasteiger partial charge in [0.1, 0.15) is 11.4 Å². The Morgan fingerprint density at radius 2 is 2.15 bits per heavy atom. The molecule has 4 nitrogen and oxygen atoms in total. The second kappa shape index (κ2) is 5.90. The maximum Gasteiger partial charge on any atom is 0.253 e. The average Bonchev–Trinajstić information content (AvgIpc) is 2.44. The molecule has 106 valence electrons. The number of rotatable bonds is 2. The molecule has 2 rings (SSSR count). The van der Waals surface area contributed by atoms with Gasteiger partial charge in [-0.25, -0.2) is 4.39 Å². The SMILES string of the molecule is CN1CCC(C#N)(NC(=O)c2cccc(F)c2Br)CC1. The monoisotopic (exact) mass is 339 g/mol. The Balaban J connectivity index is 2.18. The van der Waals surface area contributed by atoms with Gasteiger partial charge in [-0.15, -0.1) is 0 Å². The summed E-state index contributed by atoms with van der Waals surface area (Å²) in [5.41, 5.74) is -0.659. The lowest BCUT2D eigenvalue weighted by Crippen LogP contribution is -2.53. The van der Waals surface area contributed by atoms with Crippen LogP contribution in [0.25, 0.3) is 0 Å². The molecule has 0 spiro atoms. The molecule has 1 heterocycles. The summed E-state index contributed by atoms with van der Waals surface area (Å²) in [7, 11) is 1.98. The zero-order valence-corrected chi connectivity index (χ0v) is 12.7. The van der Waals surface area contributed by atoms with E-state index in [4.69, 9.17) is 0 Å². The number of nitriles is 1. The van der Waals surface area contributed by atoms with Crippen LogP contribution in [0.3, 0.4) is 0 Å². The van der Waals surface area contributed by atoms with E-state index in [-0.39, 0.29) is 10.0 Å². The topological polar surface area (TPSA) is 56.1 Å². The van der Waals surface area contributed by atoms with E-state index in [2.05, 4.69) is 32.2 Å². The van der Waals surface area contributed by atoms with Crippen molar-refractivity contribution in [2.45, 2.75) is 18.4 Å². The molecular formula is C14H15BrFN3O. The van der Waals surface area contributed by atoms with E-state index in [1.807, 2.05) is 7.05 Å². The van der Waals surface area contributed by atoms with Crippen molar-refractivity contribution in [1.29, 1.82) is 5.26 Å². The van der Waals surface area contributed by atoms with Crippen LogP contribution in [0.4, 0.5) is 4.39 Å². The normalized spacial score (nSPS) is 18.3. The molecular weight excluding hydrogens is 325 g/mol. The first-order valence-corrected chi connectivity index (χ1v) is 7.13. The molecule has 1 fully saturated rings. The quantitative estimate of drug-likeness (QED) is 0.899. The summed E-state index contributed by atoms with van der Waals surface area (Å²) in [6.45, 7) is 1.50. The number of amides is 1. The van der Waals surface area contributed by atoms with Gasteiger partial charge in [0.05, 0.1) is 16.1 Å². The number of halogens is 2. The van der Waals surface area contributed by atoms with Gasteiger partial charge in [0.15, 0.2) is 0 Å². The van der Waals surface area contributed by atoms with Crippen molar-refractivity contribution in [2.75, 3.05) is 20.1 Å². The van der Waals surface area contributed by atoms with Crippen molar-refractivity contribution in [3.63, 3.8) is 0 Å². The van der Waals surface area contributed by atoms with Crippen molar-refractivity contribution >= 4 is 21.8 Å². The Kier molecular flexibility index (Phi) is 4.41. The number of likely N-dealkylation sites (tertiary alicyclic amines) is 1. The summed E-state index contributed by atoms with van der Waals surface area (Å²) in [5, 5.41) is 12.1. The van der Waals surface area contributed by atoms with E-state index in [9.17, 15) is 14.4 Å². The lowest BCUT2D eigenvalue weighted by Gasteiger charge is -2.36. The Bertz CT molecular complexity index is 562. The molecule has 1 amide bonds. The van der Waals surface area contributed by atoms with Crippen molar-refractivity contribution in [1.82, 2.24) is 10.2 Å². The third kappa shape index (κ3) is 3.00. The molecule has 0 atom stereocenters. The van der Waals surface area contributed by atoms with Crippen LogP contribution in [0.5, 0.6) is 0 Å². The summed E-state index contributed by atoms with van der Waals surface area (Å²) < 4.78 is 13.6. The van der Waals surface area contributed by atoms with Crippen LogP contribution >= 0.6 is 15.9 Å². The third-order valence-corrected chi connectivity index (χ3v) is 4.41. The van der Waals surface area contributed by atoms with Gasteiger partial charge in [-0.05, 0) is 48.0 Å². The lowest BCUT2D eigenvalue weighted by atomic mass is 9.89. The second-order valence-corrected chi connectivity index (χ2v) is 5.85. The van der Waals surface area contributed by atoms with Crippen LogP contribution in [0.2, 0.25) is 0 Å². The van der Waals surface area contributed by atoms with Gasteiger partial charge in [0.2, 0.25) is 0 Å². The molecule has 6 heteroatoms. The highest BCUT2D eigenvalue weighted by molar-refractivity contribution is 9.10. The predicted octanol–water partition coefficient (Wildman–Crippen LogP) is 2.31. The van der Waals surface area contributed by atoms with E-state index in [1.165, 1.54) is 18.2 Å². The smallest absolute Gasteiger partial charge is 0.253 e. The zero-order valence-electron chi connectivity index (χ0n) is 11.1. The molecule has 20 heavy (non-hydrogen) atoms. The first kappa shape index (κ1) is 14.9. The molecule has 1 saturated heterocycles. The van der Waals surface area contributed by atoms with Crippen LogP contribution in [-0.4, -0.2) is 36.5 Å². The fourth-order valence-corrected chi connectivity index (χ4v) is 2.67. The average molecular weight is 340 g/mol. The minimum atomic E-state index is -0.866. The van der Waals surface area contributed by atoms with Crippen LogP contribution in [0.1, 0.15) is 23.2 Å². The standard InChI is InChI=1S/C14H15BrFN3O/c1-19-7-5-14(9-17,6-8-19)18-13(20)10-3-2-4-11(16)12(10)15/h2-4H,5-8H2,1H3,(H,18,20). The van der Waals surface area contributed by atoms with E-state index >= 15 is 0 Å². The van der Waals surface area contributed by atoms with Gasteiger partial charge in [-0.1, -0.05) is 6.07 Å². The van der Waals surface area contributed by atoms with Crippen LogP contribution < -0.4 is 5.32 Å². The Labute approximate surface area is 125 Å². The molecule has 0 unspecified atom stereocenters. The highest BCUT2D eigenvalue weighted by Gasteiger charge is 2.35. The number of piperidine rings is 1. The fraction of sp³-hybridized carbons (Fsp3) is 0.429. The minimum Gasteiger partial charge on any atom is -0.334 e. The Hall–Kier alpha value is -1.45. The maximum absolute atomic E-state index is 13.4. The molecule has 1 aromatic rings. The van der Waals surface area contributed by atoms with Crippen molar-refractivity contribution in [3.05, 3.63) is 34.1 Å². The Morgan fingerprint density at radius 1 is 1.50 bits per heavy atom. The van der Waals surface area contributed by atoms with Crippen molar-refractivity contribution in [3.8, 4) is 6.07 Å². The predicted molar refractivity (Wildman–Crippen MR) is 76.6 cm³/mol. The van der Waals surface area contributed by atoms with E-state index in [0.717, 1.165) is 13.1 Å². The molecule has 1 aliphatic rings. The summed E-state index contributed by atoms with van der Waals surface area (Å²) in [6.07, 6.45) is 1.14. The molecule has 1 aliphatic heterocycles. The molecule has 0 radical (unpaired) electrons. The van der Waals surface area contributed by atoms with Crippen LogP contribution in [0, 0.1) is 17.1 Å². The number of nitrogens with one attached hydrogen (secondary N) is 1. The number of hydrogen-bond acceptors (Lipinski definition) is 3.